The fourth-order valence-electron chi connectivity index (χ4n) is 3.26. The van der Waals surface area contributed by atoms with E-state index in [1.54, 1.807) is 0 Å². The van der Waals surface area contributed by atoms with Crippen molar-refractivity contribution in [2.45, 2.75) is 72.0 Å². The van der Waals surface area contributed by atoms with Crippen LogP contribution in [0.5, 0.6) is 0 Å². The van der Waals surface area contributed by atoms with Gasteiger partial charge in [0.05, 0.1) is 13.1 Å². The largest absolute Gasteiger partial charge is 0.356 e. The van der Waals surface area contributed by atoms with Crippen LogP contribution in [0.1, 0.15) is 61.8 Å². The maximum Gasteiger partial charge on any atom is 0.191 e. The van der Waals surface area contributed by atoms with Gasteiger partial charge in [0.1, 0.15) is 5.82 Å². The normalized spacial score (nSPS) is 14.5. The van der Waals surface area contributed by atoms with E-state index < -0.39 is 0 Å². The molecule has 1 aliphatic rings. The summed E-state index contributed by atoms with van der Waals surface area (Å²) in [7, 11) is 0. The predicted molar refractivity (Wildman–Crippen MR) is 110 cm³/mol. The molecule has 2 aromatic rings. The van der Waals surface area contributed by atoms with E-state index in [-0.39, 0.29) is 0 Å². The van der Waals surface area contributed by atoms with Crippen molar-refractivity contribution in [2.75, 3.05) is 6.54 Å². The van der Waals surface area contributed by atoms with Crippen molar-refractivity contribution in [3.63, 3.8) is 0 Å². The molecule has 0 amide bonds. The van der Waals surface area contributed by atoms with Crippen molar-refractivity contribution in [2.24, 2.45) is 4.99 Å². The molecular formula is C21H32N6. The summed E-state index contributed by atoms with van der Waals surface area (Å²) in [5.74, 6) is 2.98. The van der Waals surface area contributed by atoms with Gasteiger partial charge in [0.25, 0.3) is 0 Å². The lowest BCUT2D eigenvalue weighted by Crippen LogP contribution is -2.38. The number of unbranched alkanes of at least 4 members (excludes halogenated alkanes) is 1. The lowest BCUT2D eigenvalue weighted by Gasteiger charge is -2.13. The third-order valence-corrected chi connectivity index (χ3v) is 4.96. The van der Waals surface area contributed by atoms with E-state index >= 15 is 0 Å². The molecule has 0 bridgehead atoms. The van der Waals surface area contributed by atoms with Crippen molar-refractivity contribution in [3.05, 3.63) is 47.0 Å². The predicted octanol–water partition coefficient (Wildman–Crippen LogP) is 3.35. The summed E-state index contributed by atoms with van der Waals surface area (Å²) in [6.45, 7) is 7.57. The van der Waals surface area contributed by atoms with E-state index in [4.69, 9.17) is 4.99 Å². The number of aromatic nitrogens is 3. The molecule has 1 aliphatic heterocycles. The van der Waals surface area contributed by atoms with Crippen LogP contribution < -0.4 is 10.6 Å². The number of hydrogen-bond donors (Lipinski definition) is 2. The van der Waals surface area contributed by atoms with Crippen LogP contribution >= 0.6 is 0 Å². The highest BCUT2D eigenvalue weighted by Crippen LogP contribution is 2.14. The zero-order valence-electron chi connectivity index (χ0n) is 16.7. The van der Waals surface area contributed by atoms with Crippen LogP contribution in [-0.4, -0.2) is 27.3 Å². The number of guanidine groups is 1. The van der Waals surface area contributed by atoms with Gasteiger partial charge in [-0.25, -0.2) is 4.99 Å². The summed E-state index contributed by atoms with van der Waals surface area (Å²) in [4.78, 5) is 4.76. The molecular weight excluding hydrogens is 336 g/mol. The first-order valence-electron chi connectivity index (χ1n) is 10.2. The monoisotopic (exact) mass is 368 g/mol. The van der Waals surface area contributed by atoms with E-state index in [2.05, 4.69) is 63.5 Å². The van der Waals surface area contributed by atoms with E-state index in [0.29, 0.717) is 13.1 Å². The van der Waals surface area contributed by atoms with Crippen LogP contribution in [0.25, 0.3) is 0 Å². The molecule has 2 heterocycles. The summed E-state index contributed by atoms with van der Waals surface area (Å²) in [6.07, 6.45) is 7.03. The number of aliphatic imine (C=N–C) groups is 1. The number of fused-ring (bicyclic) bond motifs is 1. The minimum Gasteiger partial charge on any atom is -0.356 e. The second-order valence-corrected chi connectivity index (χ2v) is 7.28. The number of nitrogens with zero attached hydrogens (tertiary/aromatic N) is 4. The molecule has 146 valence electrons. The molecule has 27 heavy (non-hydrogen) atoms. The van der Waals surface area contributed by atoms with Crippen LogP contribution in [0, 0.1) is 6.92 Å². The first-order valence-corrected chi connectivity index (χ1v) is 10.2. The van der Waals surface area contributed by atoms with Crippen LogP contribution in [-0.2, 0) is 26.1 Å². The van der Waals surface area contributed by atoms with Gasteiger partial charge in [-0.15, -0.1) is 10.2 Å². The Kier molecular flexibility index (Phi) is 7.25. The van der Waals surface area contributed by atoms with E-state index in [1.165, 1.54) is 30.4 Å². The Balaban J connectivity index is 1.63. The first kappa shape index (κ1) is 19.4. The van der Waals surface area contributed by atoms with Crippen LogP contribution in [0.2, 0.25) is 0 Å². The van der Waals surface area contributed by atoms with Crippen LogP contribution in [0.3, 0.4) is 0 Å². The van der Waals surface area contributed by atoms with E-state index in [0.717, 1.165) is 50.0 Å². The highest BCUT2D eigenvalue weighted by molar-refractivity contribution is 5.79. The Morgan fingerprint density at radius 1 is 1.11 bits per heavy atom. The Morgan fingerprint density at radius 2 is 1.96 bits per heavy atom. The highest BCUT2D eigenvalue weighted by atomic mass is 15.3. The molecule has 0 fully saturated rings. The van der Waals surface area contributed by atoms with Crippen LogP contribution in [0.15, 0.2) is 29.3 Å². The van der Waals surface area contributed by atoms with Gasteiger partial charge in [-0.1, -0.05) is 49.6 Å². The fourth-order valence-corrected chi connectivity index (χ4v) is 3.26. The number of aryl methyl sites for hydroxylation is 2. The smallest absolute Gasteiger partial charge is 0.191 e. The molecule has 6 heteroatoms. The lowest BCUT2D eigenvalue weighted by molar-refractivity contribution is 0.596. The average molecular weight is 369 g/mol. The maximum absolute atomic E-state index is 4.76. The molecule has 0 spiro atoms. The molecule has 3 rings (SSSR count). The minimum absolute atomic E-state index is 0.652. The average Bonchev–Trinajstić information content (AvgIpc) is 2.91. The molecule has 0 saturated heterocycles. The van der Waals surface area contributed by atoms with Crippen molar-refractivity contribution in [1.29, 1.82) is 0 Å². The van der Waals surface area contributed by atoms with Gasteiger partial charge >= 0.3 is 0 Å². The quantitative estimate of drug-likeness (QED) is 0.447. The molecule has 0 saturated carbocycles. The second-order valence-electron chi connectivity index (χ2n) is 7.28. The summed E-state index contributed by atoms with van der Waals surface area (Å²) < 4.78 is 2.28. The van der Waals surface area contributed by atoms with Crippen molar-refractivity contribution >= 4 is 5.96 Å². The van der Waals surface area contributed by atoms with E-state index in [9.17, 15) is 0 Å². The summed E-state index contributed by atoms with van der Waals surface area (Å²) in [5, 5.41) is 15.7. The molecule has 2 N–H and O–H groups in total. The Morgan fingerprint density at radius 3 is 2.78 bits per heavy atom. The Hall–Kier alpha value is -2.37. The van der Waals surface area contributed by atoms with Crippen molar-refractivity contribution < 1.29 is 0 Å². The van der Waals surface area contributed by atoms with Crippen molar-refractivity contribution in [3.8, 4) is 0 Å². The zero-order chi connectivity index (χ0) is 18.9. The summed E-state index contributed by atoms with van der Waals surface area (Å²) in [5.41, 5.74) is 2.49. The second kappa shape index (κ2) is 10.1. The molecule has 0 unspecified atom stereocenters. The summed E-state index contributed by atoms with van der Waals surface area (Å²) in [6, 6.07) is 8.55. The molecule has 0 aliphatic carbocycles. The highest BCUT2D eigenvalue weighted by Gasteiger charge is 2.14. The first-order chi connectivity index (χ1) is 13.3. The third-order valence-electron chi connectivity index (χ3n) is 4.96. The van der Waals surface area contributed by atoms with Gasteiger partial charge in [0.15, 0.2) is 11.8 Å². The molecule has 0 atom stereocenters. The van der Waals surface area contributed by atoms with Gasteiger partial charge in [-0.2, -0.15) is 0 Å². The topological polar surface area (TPSA) is 67.1 Å². The van der Waals surface area contributed by atoms with E-state index in [1.807, 2.05) is 0 Å². The fraction of sp³-hybridized carbons (Fsp3) is 0.571. The maximum atomic E-state index is 4.76. The number of nitrogens with one attached hydrogen (secondary N) is 2. The zero-order valence-corrected chi connectivity index (χ0v) is 16.7. The van der Waals surface area contributed by atoms with Gasteiger partial charge in [0.2, 0.25) is 0 Å². The Labute approximate surface area is 162 Å². The van der Waals surface area contributed by atoms with Gasteiger partial charge in [-0.3, -0.25) is 0 Å². The minimum atomic E-state index is 0.652. The summed E-state index contributed by atoms with van der Waals surface area (Å²) >= 11 is 0. The lowest BCUT2D eigenvalue weighted by atomic mass is 10.1. The standard InChI is InChI=1S/C21H32N6/c1-3-4-13-22-21(23-15-18-11-9-17(2)10-12-18)24-16-20-26-25-19-8-6-5-7-14-27(19)20/h9-12H,3-8,13-16H2,1-2H3,(H2,22,23,24). The van der Waals surface area contributed by atoms with Crippen molar-refractivity contribution in [1.82, 2.24) is 25.4 Å². The van der Waals surface area contributed by atoms with Gasteiger partial charge in [-0.05, 0) is 31.7 Å². The van der Waals surface area contributed by atoms with Crippen LogP contribution in [0.4, 0.5) is 0 Å². The Bertz CT molecular complexity index is 732. The molecule has 1 aromatic heterocycles. The number of benzene rings is 1. The SMILES string of the molecule is CCCCNC(=NCc1ccc(C)cc1)NCc1nnc2n1CCCCC2. The molecule has 6 nitrogen and oxygen atoms in total. The van der Waals surface area contributed by atoms with Gasteiger partial charge in [0, 0.05) is 19.5 Å². The van der Waals surface area contributed by atoms with Gasteiger partial charge < -0.3 is 15.2 Å². The molecule has 0 radical (unpaired) electrons. The molecule has 1 aromatic carbocycles. The number of hydrogen-bond acceptors (Lipinski definition) is 3. The number of rotatable bonds is 7. The third kappa shape index (κ3) is 5.81.